The van der Waals surface area contributed by atoms with E-state index in [0.29, 0.717) is 5.56 Å². The molecule has 1 aliphatic heterocycles. The summed E-state index contributed by atoms with van der Waals surface area (Å²) in [7, 11) is 2.11. The van der Waals surface area contributed by atoms with E-state index in [9.17, 15) is 14.4 Å². The number of anilines is 1. The van der Waals surface area contributed by atoms with E-state index in [0.717, 1.165) is 37.4 Å². The number of benzene rings is 2. The van der Waals surface area contributed by atoms with Crippen LogP contribution in [0.25, 0.3) is 0 Å². The average Bonchev–Trinajstić information content (AvgIpc) is 2.80. The van der Waals surface area contributed by atoms with Crippen LogP contribution in [0, 0.1) is 0 Å². The number of nitrogens with one attached hydrogen (secondary N) is 2. The van der Waals surface area contributed by atoms with Gasteiger partial charge in [0.05, 0.1) is 0 Å². The second-order valence-corrected chi connectivity index (χ2v) is 8.12. The molecular formula is C24H30N4O4. The molecule has 0 saturated carbocycles. The summed E-state index contributed by atoms with van der Waals surface area (Å²) in [6.45, 7) is 5.33. The number of hydrogen-bond donors (Lipinski definition) is 3. The number of aliphatic carboxylic acids is 1. The smallest absolute Gasteiger partial charge is 0.325 e. The van der Waals surface area contributed by atoms with Crippen molar-refractivity contribution in [1.82, 2.24) is 15.5 Å². The summed E-state index contributed by atoms with van der Waals surface area (Å²) in [5.74, 6) is -2.06. The molecule has 0 radical (unpaired) electrons. The number of carbonyl (C=O) groups is 3. The van der Waals surface area contributed by atoms with E-state index in [-0.39, 0.29) is 12.3 Å². The predicted octanol–water partition coefficient (Wildman–Crippen LogP) is 1.37. The summed E-state index contributed by atoms with van der Waals surface area (Å²) < 4.78 is 0. The minimum atomic E-state index is -1.14. The van der Waals surface area contributed by atoms with Gasteiger partial charge in [-0.05, 0) is 43.8 Å². The lowest BCUT2D eigenvalue weighted by Gasteiger charge is -2.34. The minimum absolute atomic E-state index is 0.250. The monoisotopic (exact) mass is 438 g/mol. The number of piperazine rings is 1. The van der Waals surface area contributed by atoms with E-state index in [1.807, 2.05) is 24.3 Å². The van der Waals surface area contributed by atoms with Crippen LogP contribution >= 0.6 is 0 Å². The van der Waals surface area contributed by atoms with Crippen LogP contribution in [0.4, 0.5) is 5.69 Å². The van der Waals surface area contributed by atoms with E-state index < -0.39 is 24.0 Å². The molecule has 170 valence electrons. The molecule has 1 saturated heterocycles. The molecule has 2 aromatic rings. The fourth-order valence-electron chi connectivity index (χ4n) is 3.56. The third-order valence-electron chi connectivity index (χ3n) is 5.63. The van der Waals surface area contributed by atoms with Gasteiger partial charge in [-0.2, -0.15) is 0 Å². The normalized spacial score (nSPS) is 16.1. The highest BCUT2D eigenvalue weighted by atomic mass is 16.4. The predicted molar refractivity (Wildman–Crippen MR) is 123 cm³/mol. The first-order valence-electron chi connectivity index (χ1n) is 10.7. The Labute approximate surface area is 188 Å². The second kappa shape index (κ2) is 10.8. The molecule has 32 heavy (non-hydrogen) atoms. The van der Waals surface area contributed by atoms with Crippen molar-refractivity contribution in [1.29, 1.82) is 0 Å². The van der Waals surface area contributed by atoms with Gasteiger partial charge in [0.2, 0.25) is 5.91 Å². The van der Waals surface area contributed by atoms with E-state index >= 15 is 0 Å². The summed E-state index contributed by atoms with van der Waals surface area (Å²) in [6, 6.07) is 14.6. The molecule has 0 aliphatic carbocycles. The first kappa shape index (κ1) is 23.3. The lowest BCUT2D eigenvalue weighted by atomic mass is 10.0. The molecule has 2 amide bonds. The van der Waals surface area contributed by atoms with Crippen molar-refractivity contribution in [3.63, 3.8) is 0 Å². The van der Waals surface area contributed by atoms with Gasteiger partial charge in [0.1, 0.15) is 12.1 Å². The van der Waals surface area contributed by atoms with Crippen molar-refractivity contribution in [3.05, 3.63) is 65.7 Å². The first-order chi connectivity index (χ1) is 15.3. The van der Waals surface area contributed by atoms with Crippen molar-refractivity contribution >= 4 is 23.5 Å². The Morgan fingerprint density at radius 1 is 0.938 bits per heavy atom. The summed E-state index contributed by atoms with van der Waals surface area (Å²) in [4.78, 5) is 41.2. The summed E-state index contributed by atoms with van der Waals surface area (Å²) in [6.07, 6.45) is 0.250. The van der Waals surface area contributed by atoms with Crippen LogP contribution in [0.1, 0.15) is 22.8 Å². The van der Waals surface area contributed by atoms with Crippen LogP contribution in [0.5, 0.6) is 0 Å². The van der Waals surface area contributed by atoms with Gasteiger partial charge in [0, 0.05) is 43.9 Å². The van der Waals surface area contributed by atoms with E-state index in [1.54, 1.807) is 30.3 Å². The maximum Gasteiger partial charge on any atom is 0.325 e. The van der Waals surface area contributed by atoms with Gasteiger partial charge >= 0.3 is 5.97 Å². The number of amides is 2. The van der Waals surface area contributed by atoms with Crippen LogP contribution in [0.2, 0.25) is 0 Å². The highest BCUT2D eigenvalue weighted by Gasteiger charge is 2.25. The third kappa shape index (κ3) is 6.31. The molecule has 0 aromatic heterocycles. The highest BCUT2D eigenvalue weighted by Crippen LogP contribution is 2.18. The number of carboxylic acid groups (broad SMARTS) is 1. The Kier molecular flexibility index (Phi) is 7.83. The maximum absolute atomic E-state index is 12.8. The number of likely N-dealkylation sites (N-methyl/N-ethyl adjacent to an activating group) is 1. The van der Waals surface area contributed by atoms with Crippen LogP contribution in [0.15, 0.2) is 54.6 Å². The average molecular weight is 439 g/mol. The Bertz CT molecular complexity index is 925. The molecule has 0 spiro atoms. The maximum atomic E-state index is 12.8. The van der Waals surface area contributed by atoms with Gasteiger partial charge in [-0.3, -0.25) is 14.4 Å². The Morgan fingerprint density at radius 3 is 2.16 bits per heavy atom. The zero-order valence-corrected chi connectivity index (χ0v) is 18.5. The van der Waals surface area contributed by atoms with E-state index in [1.165, 1.54) is 6.92 Å². The molecule has 3 rings (SSSR count). The van der Waals surface area contributed by atoms with Crippen molar-refractivity contribution < 1.29 is 19.5 Å². The fourth-order valence-corrected chi connectivity index (χ4v) is 3.56. The van der Waals surface area contributed by atoms with E-state index in [4.69, 9.17) is 5.11 Å². The van der Waals surface area contributed by atoms with Crippen molar-refractivity contribution in [3.8, 4) is 0 Å². The van der Waals surface area contributed by atoms with Crippen LogP contribution in [0.3, 0.4) is 0 Å². The summed E-state index contributed by atoms with van der Waals surface area (Å²) in [5.41, 5.74) is 2.43. The van der Waals surface area contributed by atoms with Gasteiger partial charge in [0.25, 0.3) is 5.91 Å². The fraction of sp³-hybridized carbons (Fsp3) is 0.375. The first-order valence-corrected chi connectivity index (χ1v) is 10.7. The number of hydrogen-bond acceptors (Lipinski definition) is 5. The molecule has 8 heteroatoms. The molecule has 2 unspecified atom stereocenters. The topological polar surface area (TPSA) is 102 Å². The highest BCUT2D eigenvalue weighted by molar-refractivity contribution is 5.98. The Hall–Kier alpha value is -3.39. The molecule has 8 nitrogen and oxygen atoms in total. The zero-order chi connectivity index (χ0) is 23.1. The van der Waals surface area contributed by atoms with Crippen molar-refractivity contribution in [2.75, 3.05) is 38.1 Å². The molecular weight excluding hydrogens is 408 g/mol. The summed E-state index contributed by atoms with van der Waals surface area (Å²) in [5, 5.41) is 14.3. The molecule has 1 fully saturated rings. The summed E-state index contributed by atoms with van der Waals surface area (Å²) >= 11 is 0. The molecule has 2 atom stereocenters. The van der Waals surface area contributed by atoms with Crippen LogP contribution < -0.4 is 15.5 Å². The van der Waals surface area contributed by atoms with Gasteiger partial charge in [0.15, 0.2) is 0 Å². The number of rotatable bonds is 8. The molecule has 0 bridgehead atoms. The Balaban J connectivity index is 1.71. The van der Waals surface area contributed by atoms with Crippen LogP contribution in [-0.2, 0) is 16.0 Å². The van der Waals surface area contributed by atoms with Gasteiger partial charge in [-0.25, -0.2) is 0 Å². The number of nitrogens with zero attached hydrogens (tertiary/aromatic N) is 2. The second-order valence-electron chi connectivity index (χ2n) is 8.12. The van der Waals surface area contributed by atoms with Crippen molar-refractivity contribution in [2.24, 2.45) is 0 Å². The minimum Gasteiger partial charge on any atom is -0.480 e. The number of carbonyl (C=O) groups excluding carboxylic acids is 2. The largest absolute Gasteiger partial charge is 0.480 e. The number of carboxylic acids is 1. The van der Waals surface area contributed by atoms with Crippen molar-refractivity contribution in [2.45, 2.75) is 25.4 Å². The molecule has 1 heterocycles. The third-order valence-corrected chi connectivity index (χ3v) is 5.63. The van der Waals surface area contributed by atoms with Crippen LogP contribution in [-0.4, -0.2) is 73.1 Å². The quantitative estimate of drug-likeness (QED) is 0.575. The van der Waals surface area contributed by atoms with Gasteiger partial charge in [-0.1, -0.05) is 30.3 Å². The lowest BCUT2D eigenvalue weighted by molar-refractivity contribution is -0.141. The van der Waals surface area contributed by atoms with Gasteiger partial charge < -0.3 is 25.5 Å². The lowest BCUT2D eigenvalue weighted by Crippen LogP contribution is -2.51. The molecule has 2 aromatic carbocycles. The van der Waals surface area contributed by atoms with Gasteiger partial charge in [-0.15, -0.1) is 0 Å². The standard InChI is InChI=1S/C24H30N4O4/c1-17(24(31)32)25-23(30)21(26-22(29)19-6-4-3-5-7-19)16-18-8-10-20(11-9-18)28-14-12-27(2)13-15-28/h3-11,17,21H,12-16H2,1-2H3,(H,25,30)(H,26,29)(H,31,32). The molecule has 3 N–H and O–H groups in total. The Morgan fingerprint density at radius 2 is 1.56 bits per heavy atom. The SMILES string of the molecule is CC(NC(=O)C(Cc1ccc(N2CCN(C)CC2)cc1)NC(=O)c1ccccc1)C(=O)O. The molecule has 1 aliphatic rings. The van der Waals surface area contributed by atoms with E-state index in [2.05, 4.69) is 27.5 Å². The zero-order valence-electron chi connectivity index (χ0n) is 18.5.